The number of aryl methyl sites for hydroxylation is 4. The Morgan fingerprint density at radius 1 is 0.689 bits per heavy atom. The van der Waals surface area contributed by atoms with Gasteiger partial charge in [-0.05, 0) is 111 Å². The predicted octanol–water partition coefficient (Wildman–Crippen LogP) is 10.2. The lowest BCUT2D eigenvalue weighted by atomic mass is 9.94. The molecule has 0 saturated carbocycles. The molecule has 0 bridgehead atoms. The zero-order chi connectivity index (χ0) is 31.2. The fraction of sp³-hybridized carbons (Fsp3) is 0.200. The molecule has 224 valence electrons. The van der Waals surface area contributed by atoms with Gasteiger partial charge < -0.3 is 4.74 Å². The third kappa shape index (κ3) is 4.98. The van der Waals surface area contributed by atoms with Crippen molar-refractivity contribution in [3.05, 3.63) is 131 Å². The normalized spacial score (nSPS) is 11.5. The summed E-state index contributed by atoms with van der Waals surface area (Å²) in [6, 6.07) is 31.8. The molecule has 0 radical (unpaired) electrons. The van der Waals surface area contributed by atoms with E-state index in [1.54, 1.807) is 0 Å². The van der Waals surface area contributed by atoms with Gasteiger partial charge in [0.1, 0.15) is 17.3 Å². The van der Waals surface area contributed by atoms with Gasteiger partial charge in [-0.25, -0.2) is 9.67 Å². The SMILES string of the molecule is CCc1nn(-c2cccc(Oc3ccc4c5ccccc5n(-c5cc(C)ccn5)c4c3)c2)c(CC)c1-c1cc(C)c(C)c(C)c1. The highest BCUT2D eigenvalue weighted by molar-refractivity contribution is 6.09. The number of aromatic nitrogens is 4. The summed E-state index contributed by atoms with van der Waals surface area (Å²) in [6.07, 6.45) is 3.60. The van der Waals surface area contributed by atoms with Gasteiger partial charge in [-0.3, -0.25) is 4.57 Å². The number of rotatable bonds is 7. The van der Waals surface area contributed by atoms with Crippen molar-refractivity contribution in [2.24, 2.45) is 0 Å². The molecule has 0 fully saturated rings. The van der Waals surface area contributed by atoms with Crippen LogP contribution in [0.4, 0.5) is 0 Å². The summed E-state index contributed by atoms with van der Waals surface area (Å²) in [4.78, 5) is 4.72. The van der Waals surface area contributed by atoms with E-state index in [1.807, 2.05) is 24.4 Å². The molecule has 4 aromatic carbocycles. The van der Waals surface area contributed by atoms with Gasteiger partial charge in [-0.1, -0.05) is 50.2 Å². The van der Waals surface area contributed by atoms with Crippen LogP contribution in [0.25, 0.3) is 44.4 Å². The highest BCUT2D eigenvalue weighted by atomic mass is 16.5. The van der Waals surface area contributed by atoms with Crippen molar-refractivity contribution in [2.75, 3.05) is 0 Å². The molecule has 0 aliphatic carbocycles. The number of fused-ring (bicyclic) bond motifs is 3. The Hall–Kier alpha value is -5.16. The van der Waals surface area contributed by atoms with Gasteiger partial charge in [-0.2, -0.15) is 5.10 Å². The number of ether oxygens (including phenoxy) is 1. The number of pyridine rings is 1. The van der Waals surface area contributed by atoms with E-state index in [0.29, 0.717) is 0 Å². The minimum Gasteiger partial charge on any atom is -0.457 e. The molecule has 0 unspecified atom stereocenters. The second-order valence-electron chi connectivity index (χ2n) is 11.9. The van der Waals surface area contributed by atoms with Gasteiger partial charge >= 0.3 is 0 Å². The Bertz CT molecular complexity index is 2200. The Labute approximate surface area is 264 Å². The van der Waals surface area contributed by atoms with Crippen LogP contribution in [-0.2, 0) is 12.8 Å². The van der Waals surface area contributed by atoms with Crippen LogP contribution in [-0.4, -0.2) is 19.3 Å². The summed E-state index contributed by atoms with van der Waals surface area (Å²) >= 11 is 0. The van der Waals surface area contributed by atoms with Gasteiger partial charge in [0.05, 0.1) is 28.1 Å². The Morgan fingerprint density at radius 2 is 1.44 bits per heavy atom. The second-order valence-corrected chi connectivity index (χ2v) is 11.9. The maximum Gasteiger partial charge on any atom is 0.137 e. The third-order valence-electron chi connectivity index (χ3n) is 9.01. The Balaban J connectivity index is 1.30. The third-order valence-corrected chi connectivity index (χ3v) is 9.01. The van der Waals surface area contributed by atoms with E-state index in [1.165, 1.54) is 49.8 Å². The van der Waals surface area contributed by atoms with Crippen LogP contribution in [0.2, 0.25) is 0 Å². The molecular weight excluding hydrogens is 552 g/mol. The maximum absolute atomic E-state index is 6.55. The van der Waals surface area contributed by atoms with Crippen LogP contribution < -0.4 is 4.74 Å². The van der Waals surface area contributed by atoms with E-state index in [4.69, 9.17) is 14.8 Å². The molecule has 7 aromatic rings. The van der Waals surface area contributed by atoms with E-state index < -0.39 is 0 Å². The summed E-state index contributed by atoms with van der Waals surface area (Å²) in [6.45, 7) is 13.1. The lowest BCUT2D eigenvalue weighted by molar-refractivity contribution is 0.482. The number of hydrogen-bond donors (Lipinski definition) is 0. The average Bonchev–Trinajstić information content (AvgIpc) is 3.59. The number of para-hydroxylation sites is 1. The Morgan fingerprint density at radius 3 is 2.20 bits per heavy atom. The molecule has 0 aliphatic heterocycles. The summed E-state index contributed by atoms with van der Waals surface area (Å²) in [5.41, 5.74) is 13.1. The van der Waals surface area contributed by atoms with Crippen molar-refractivity contribution in [1.29, 1.82) is 0 Å². The van der Waals surface area contributed by atoms with Crippen molar-refractivity contribution in [3.8, 4) is 34.1 Å². The topological polar surface area (TPSA) is 44.9 Å². The van der Waals surface area contributed by atoms with Crippen LogP contribution in [0.5, 0.6) is 11.5 Å². The number of hydrogen-bond acceptors (Lipinski definition) is 3. The zero-order valence-electron chi connectivity index (χ0n) is 26.8. The molecular formula is C40H38N4O. The first-order valence-corrected chi connectivity index (χ1v) is 15.8. The minimum atomic E-state index is 0.766. The molecule has 0 saturated heterocycles. The highest BCUT2D eigenvalue weighted by Crippen LogP contribution is 2.36. The smallest absolute Gasteiger partial charge is 0.137 e. The quantitative estimate of drug-likeness (QED) is 0.186. The van der Waals surface area contributed by atoms with E-state index in [-0.39, 0.29) is 0 Å². The number of nitrogens with zero attached hydrogens (tertiary/aromatic N) is 4. The molecule has 3 aromatic heterocycles. The van der Waals surface area contributed by atoms with Gasteiger partial charge in [0.2, 0.25) is 0 Å². The number of benzene rings is 4. The van der Waals surface area contributed by atoms with E-state index in [2.05, 4.69) is 124 Å². The lowest BCUT2D eigenvalue weighted by Crippen LogP contribution is -2.02. The molecule has 0 spiro atoms. The van der Waals surface area contributed by atoms with Crippen LogP contribution in [0.15, 0.2) is 97.2 Å². The molecule has 0 amide bonds. The zero-order valence-corrected chi connectivity index (χ0v) is 26.8. The van der Waals surface area contributed by atoms with Crippen molar-refractivity contribution >= 4 is 21.8 Å². The summed E-state index contributed by atoms with van der Waals surface area (Å²) < 4.78 is 10.9. The molecule has 0 N–H and O–H groups in total. The fourth-order valence-electron chi connectivity index (χ4n) is 6.52. The van der Waals surface area contributed by atoms with E-state index in [0.717, 1.165) is 52.6 Å². The van der Waals surface area contributed by atoms with Crippen LogP contribution >= 0.6 is 0 Å². The van der Waals surface area contributed by atoms with Crippen LogP contribution in [0.1, 0.15) is 47.5 Å². The van der Waals surface area contributed by atoms with Crippen LogP contribution in [0, 0.1) is 27.7 Å². The largest absolute Gasteiger partial charge is 0.457 e. The predicted molar refractivity (Wildman–Crippen MR) is 185 cm³/mol. The van der Waals surface area contributed by atoms with Gasteiger partial charge in [0.25, 0.3) is 0 Å². The van der Waals surface area contributed by atoms with Gasteiger partial charge in [-0.15, -0.1) is 0 Å². The summed E-state index contributed by atoms with van der Waals surface area (Å²) in [5, 5.41) is 7.50. The van der Waals surface area contributed by atoms with Crippen LogP contribution in [0.3, 0.4) is 0 Å². The molecule has 0 atom stereocenters. The molecule has 3 heterocycles. The first-order chi connectivity index (χ1) is 21.9. The second kappa shape index (κ2) is 11.4. The monoisotopic (exact) mass is 590 g/mol. The first-order valence-electron chi connectivity index (χ1n) is 15.8. The van der Waals surface area contributed by atoms with E-state index in [9.17, 15) is 0 Å². The minimum absolute atomic E-state index is 0.766. The fourth-order valence-corrected chi connectivity index (χ4v) is 6.52. The standard InChI is InChI=1S/C40H38N4O/c1-7-35-40(29-21-26(4)28(6)27(5)22-29)36(8-2)44(42-35)30-12-11-13-31(23-30)45-32-16-17-34-33-14-9-10-15-37(33)43(38(34)24-32)39-20-25(3)18-19-41-39/h9-24H,7-8H2,1-6H3. The van der Waals surface area contributed by atoms with Crippen molar-refractivity contribution in [3.63, 3.8) is 0 Å². The molecule has 5 nitrogen and oxygen atoms in total. The highest BCUT2D eigenvalue weighted by Gasteiger charge is 2.20. The molecule has 45 heavy (non-hydrogen) atoms. The van der Waals surface area contributed by atoms with Crippen molar-refractivity contribution < 1.29 is 4.74 Å². The molecule has 5 heteroatoms. The maximum atomic E-state index is 6.55. The molecule has 7 rings (SSSR count). The van der Waals surface area contributed by atoms with Crippen molar-refractivity contribution in [1.82, 2.24) is 19.3 Å². The first kappa shape index (κ1) is 28.6. The molecule has 0 aliphatic rings. The van der Waals surface area contributed by atoms with Gasteiger partial charge in [0.15, 0.2) is 0 Å². The van der Waals surface area contributed by atoms with E-state index >= 15 is 0 Å². The summed E-state index contributed by atoms with van der Waals surface area (Å²) in [5.74, 6) is 2.43. The average molecular weight is 591 g/mol. The van der Waals surface area contributed by atoms with Crippen molar-refractivity contribution in [2.45, 2.75) is 54.4 Å². The Kier molecular flexibility index (Phi) is 7.25. The van der Waals surface area contributed by atoms with Gasteiger partial charge in [0, 0.05) is 34.7 Å². The lowest BCUT2D eigenvalue weighted by Gasteiger charge is -2.13. The summed E-state index contributed by atoms with van der Waals surface area (Å²) in [7, 11) is 0.